The maximum absolute atomic E-state index is 11.6. The fraction of sp³-hybridized carbons (Fsp3) is 0.747. The van der Waals surface area contributed by atoms with Gasteiger partial charge in [0.2, 0.25) is 16.2 Å². The number of sulfonamides is 1. The van der Waals surface area contributed by atoms with Gasteiger partial charge in [-0.1, -0.05) is 217 Å². The number of aliphatic hydroxyl groups is 2. The van der Waals surface area contributed by atoms with Crippen molar-refractivity contribution in [2.45, 2.75) is 301 Å². The number of piperidine rings is 1. The first kappa shape index (κ1) is 108. The Morgan fingerprint density at radius 1 is 0.604 bits per heavy atom. The summed E-state index contributed by atoms with van der Waals surface area (Å²) < 4.78 is 80.9. The van der Waals surface area contributed by atoms with Crippen molar-refractivity contribution in [3.05, 3.63) is 58.5 Å². The van der Waals surface area contributed by atoms with Crippen LogP contribution >= 0.6 is 23.1 Å². The van der Waals surface area contributed by atoms with E-state index in [2.05, 4.69) is 227 Å². The summed E-state index contributed by atoms with van der Waals surface area (Å²) >= 11 is 3.45. The van der Waals surface area contributed by atoms with Gasteiger partial charge in [-0.25, -0.2) is 25.3 Å². The minimum Gasteiger partial charge on any atom is -0.391 e. The Labute approximate surface area is 688 Å². The van der Waals surface area contributed by atoms with Gasteiger partial charge in [0.15, 0.2) is 9.84 Å². The van der Waals surface area contributed by atoms with Gasteiger partial charge >= 0.3 is 0 Å². The Balaban J connectivity index is 0. The van der Waals surface area contributed by atoms with Gasteiger partial charge in [0.05, 0.1) is 32.8 Å². The fourth-order valence-corrected chi connectivity index (χ4v) is 17.3. The molecule has 0 radical (unpaired) electrons. The van der Waals surface area contributed by atoms with Crippen molar-refractivity contribution in [2.24, 2.45) is 53.4 Å². The number of terminal acetylenes is 2. The number of carbonyl (C=O) groups excluding carboxylic acids is 1. The van der Waals surface area contributed by atoms with Crippen LogP contribution in [0.15, 0.2) is 72.1 Å². The van der Waals surface area contributed by atoms with E-state index in [0.717, 1.165) is 118 Å². The van der Waals surface area contributed by atoms with Crippen molar-refractivity contribution in [3.8, 4) is 31.1 Å². The zero-order valence-corrected chi connectivity index (χ0v) is 78.6. The lowest BCUT2D eigenvalue weighted by molar-refractivity contribution is -0.120. The van der Waals surface area contributed by atoms with Crippen LogP contribution in [0.2, 0.25) is 0 Å². The number of thioether (sulfide) groups is 1. The number of hydrogen-bond donors (Lipinski definition) is 2. The molecular formula is C87H154N8O10S6. The lowest BCUT2D eigenvalue weighted by atomic mass is 9.85. The third-order valence-corrected chi connectivity index (χ3v) is 25.9. The predicted molar refractivity (Wildman–Crippen MR) is 481 cm³/mol. The van der Waals surface area contributed by atoms with E-state index in [1.807, 2.05) is 36.2 Å². The molecule has 2 unspecified atom stereocenters. The summed E-state index contributed by atoms with van der Waals surface area (Å²) in [5.74, 6) is 8.93. The Morgan fingerprint density at radius 2 is 1.10 bits per heavy atom. The van der Waals surface area contributed by atoms with Gasteiger partial charge < -0.3 is 24.9 Å². The standard InChI is InChI=1S/C13H23N3O.C12H20N2O.C12H20N2.C11H16O2S.C10H19NO2S.C10H16OS2.C10H18OS.C8H18O2S.CH4/c1-10-5-11(17)8-16(7-10)12(15-9-14)6-13(2,3)4;1-5-13-11(8-12(2,3)4)14-7-6-10(15)9-14;1-5-13-11(10-12(2,3)4)14-8-6-7-9-14;1-11(2,3)9-6-5-7-10(8-9)14(4,12)13;1-10(2,3)9-6-5-7-11(8-9)14(4,12)13;1-10(2,3)8-6-7-9(12-8)13(4,5)11;1-10(2,3)7-8(11)9-5-4-6-12-9;1-8(2,3)6-5-7-11(4,9)10;/h10-11,17H,5-8H2,1-4H3;1,10,15H,6-9H2,2-4H3;1H,6-10H2,2-4H3;5-8H,1-4H3;6H,5,7-8H2,1-4H3;6-7H,4H2,1-3,5H3;9H,4-7H2,1-3H3;5-7H2,1-4H3;1H4/t10-,11+;10-;;;;;;;/m10......./s1. The summed E-state index contributed by atoms with van der Waals surface area (Å²) in [4.78, 5) is 32.0. The number of nitrogens with zero attached hydrogens (tertiary/aromatic N) is 8. The van der Waals surface area contributed by atoms with Crippen LogP contribution in [-0.4, -0.2) is 194 Å². The number of β-amino-alcohol motifs (C(OH)–C–C–N with tert-alkyl or cyclic N) is 2. The number of aliphatic imine (C=N–C) groups is 3. The number of nitriles is 1. The van der Waals surface area contributed by atoms with E-state index >= 15 is 0 Å². The smallest absolute Gasteiger partial charge is 0.211 e. The molecular weight excluding hydrogens is 1510 g/mol. The highest BCUT2D eigenvalue weighted by atomic mass is 32.2. The number of thiophene rings is 1. The fourth-order valence-electron chi connectivity index (χ4n) is 11.8. The average molecular weight is 1660 g/mol. The average Bonchev–Trinajstić information content (AvgIpc) is 1.82. The van der Waals surface area contributed by atoms with Gasteiger partial charge in [0, 0.05) is 129 Å². The van der Waals surface area contributed by atoms with Crippen LogP contribution in [0.4, 0.5) is 0 Å². The van der Waals surface area contributed by atoms with E-state index in [0.29, 0.717) is 53.8 Å². The first-order valence-corrected chi connectivity index (χ1v) is 48.7. The number of benzene rings is 1. The van der Waals surface area contributed by atoms with Crippen molar-refractivity contribution in [2.75, 3.05) is 88.9 Å². The topological polar surface area (TPSA) is 251 Å². The van der Waals surface area contributed by atoms with Crippen molar-refractivity contribution in [1.82, 2.24) is 19.0 Å². The van der Waals surface area contributed by atoms with E-state index in [-0.39, 0.29) is 63.0 Å². The second-order valence-electron chi connectivity index (χ2n) is 39.4. The Kier molecular flexibility index (Phi) is 45.9. The Bertz CT molecular complexity index is 3870. The molecule has 5 aliphatic heterocycles. The summed E-state index contributed by atoms with van der Waals surface area (Å²) in [6.07, 6.45) is 31.9. The number of hydrogen-bond acceptors (Lipinski definition) is 16. The molecule has 6 heterocycles. The molecule has 4 saturated heterocycles. The molecule has 0 amide bonds. The largest absolute Gasteiger partial charge is 0.391 e. The van der Waals surface area contributed by atoms with Crippen LogP contribution in [-0.2, 0) is 54.8 Å². The molecule has 0 bridgehead atoms. The molecule has 1 aromatic carbocycles. The van der Waals surface area contributed by atoms with Gasteiger partial charge in [-0.3, -0.25) is 9.00 Å². The molecule has 24 heteroatoms. The SMILES string of the molecule is C.C#CN=C(CC(C)(C)C)N1CCCC1.C#CN=C(CC(C)(C)C)N1CC[C@H](O)C1.C=S(C)(=O)c1ccc(C(C)(C)C)s1.CC(C)(C)C1=CCCN(S(C)(=O)=O)C1.CC(C)(C)CC(=O)C1CCCS1.CC(C)(C)CCCS(C)(=O)=O.CC(C)(C)c1cccc(S(C)(=O)=O)c1.C[C@@H]1C[C@H](O)CN(C(CC(C)(C)C)=NC#N)C1. The molecule has 638 valence electrons. The number of sulfone groups is 2. The molecule has 2 N–H and O–H groups in total. The first-order chi connectivity index (χ1) is 49.6. The van der Waals surface area contributed by atoms with Gasteiger partial charge in [-0.2, -0.15) is 36.3 Å². The second kappa shape index (κ2) is 47.0. The molecule has 18 nitrogen and oxygen atoms in total. The summed E-state index contributed by atoms with van der Waals surface area (Å²) in [7, 11) is -10.9. The van der Waals surface area contributed by atoms with E-state index in [9.17, 15) is 44.5 Å². The van der Waals surface area contributed by atoms with Crippen LogP contribution in [0, 0.1) is 74.8 Å². The molecule has 1 aromatic heterocycles. The summed E-state index contributed by atoms with van der Waals surface area (Å²) in [5.41, 5.74) is 3.42. The maximum Gasteiger partial charge on any atom is 0.211 e. The van der Waals surface area contributed by atoms with E-state index in [1.165, 1.54) is 54.2 Å². The van der Waals surface area contributed by atoms with Crippen LogP contribution in [0.25, 0.3) is 0 Å². The molecule has 111 heavy (non-hydrogen) atoms. The minimum atomic E-state index is -3.09. The predicted octanol–water partition coefficient (Wildman–Crippen LogP) is 18.1. The molecule has 2 aromatic rings. The number of Topliss-reactive ketones (excluding diaryl/α,β-unsaturated/α-hetero) is 1. The number of likely N-dealkylation sites (tertiary alicyclic amines) is 3. The highest BCUT2D eigenvalue weighted by molar-refractivity contribution is 8.01. The molecule has 0 spiro atoms. The van der Waals surface area contributed by atoms with Crippen molar-refractivity contribution >= 4 is 91.5 Å². The number of ketones is 1. The van der Waals surface area contributed by atoms with Crippen molar-refractivity contribution < 1.29 is 44.5 Å². The van der Waals surface area contributed by atoms with E-state index < -0.39 is 39.2 Å². The molecule has 0 saturated carbocycles. The quantitative estimate of drug-likeness (QED) is 0.0530. The van der Waals surface area contributed by atoms with Gasteiger partial charge in [0.1, 0.15) is 33.1 Å². The van der Waals surface area contributed by atoms with Gasteiger partial charge in [-0.05, 0) is 148 Å². The highest BCUT2D eigenvalue weighted by Crippen LogP contribution is 2.35. The summed E-state index contributed by atoms with van der Waals surface area (Å²) in [5, 5.41) is 28.3. The zero-order valence-electron chi connectivity index (χ0n) is 73.7. The third-order valence-electron chi connectivity index (χ3n) is 17.5. The highest BCUT2D eigenvalue weighted by Gasteiger charge is 2.32. The van der Waals surface area contributed by atoms with Crippen LogP contribution < -0.4 is 0 Å². The normalized spacial score (nSPS) is 19.7. The summed E-state index contributed by atoms with van der Waals surface area (Å²) in [6.45, 7) is 59.8. The van der Waals surface area contributed by atoms with Crippen molar-refractivity contribution in [1.29, 1.82) is 5.26 Å². The lowest BCUT2D eigenvalue weighted by Crippen LogP contribution is -2.46. The number of rotatable bonds is 11. The maximum atomic E-state index is 11.6. The molecule has 5 atom stereocenters. The van der Waals surface area contributed by atoms with Crippen LogP contribution in [0.1, 0.15) is 274 Å². The number of amidine groups is 3. The third kappa shape index (κ3) is 51.2. The molecule has 5 aliphatic rings. The molecule has 7 rings (SSSR count). The Hall–Kier alpha value is -4.55. The molecule has 0 aliphatic carbocycles. The van der Waals surface area contributed by atoms with Gasteiger partial charge in [0.25, 0.3) is 0 Å². The summed E-state index contributed by atoms with van der Waals surface area (Å²) in [6, 6.07) is 15.9. The van der Waals surface area contributed by atoms with Gasteiger partial charge in [-0.15, -0.1) is 11.3 Å². The number of aliphatic hydroxyl groups excluding tert-OH is 2. The molecule has 4 fully saturated rings. The zero-order chi connectivity index (χ0) is 85.7. The van der Waals surface area contributed by atoms with Crippen molar-refractivity contribution in [3.63, 3.8) is 0 Å². The van der Waals surface area contributed by atoms with Crippen LogP contribution in [0.3, 0.4) is 0 Å². The monoisotopic (exact) mass is 1660 g/mol. The van der Waals surface area contributed by atoms with E-state index in [1.54, 1.807) is 40.1 Å². The second-order valence-corrected chi connectivity index (χ2v) is 50.8. The van der Waals surface area contributed by atoms with Crippen LogP contribution in [0.5, 0.6) is 0 Å². The Morgan fingerprint density at radius 3 is 1.46 bits per heavy atom. The minimum absolute atomic E-state index is 0. The first-order valence-electron chi connectivity index (χ1n) is 38.9. The van der Waals surface area contributed by atoms with E-state index in [4.69, 9.17) is 18.1 Å². The number of carbonyl (C=O) groups is 1. The lowest BCUT2D eigenvalue weighted by Gasteiger charge is -2.37.